The highest BCUT2D eigenvalue weighted by atomic mass is 35.5. The second kappa shape index (κ2) is 8.62. The van der Waals surface area contributed by atoms with Gasteiger partial charge in [-0.3, -0.25) is 4.79 Å². The molecule has 1 aliphatic rings. The molecule has 0 radical (unpaired) electrons. The molecule has 1 aliphatic heterocycles. The molecule has 1 aromatic carbocycles. The highest BCUT2D eigenvalue weighted by Gasteiger charge is 2.22. The molecule has 1 amide bonds. The van der Waals surface area contributed by atoms with Crippen molar-refractivity contribution in [2.45, 2.75) is 33.1 Å². The molecule has 0 saturated carbocycles. The van der Waals surface area contributed by atoms with Crippen molar-refractivity contribution >= 4 is 35.6 Å². The highest BCUT2D eigenvalue weighted by Crippen LogP contribution is 2.25. The SMILES string of the molecule is Cc1c(Cl)cccc1NC(=O)CC(C)C1CCCNC1.Cl. The van der Waals surface area contributed by atoms with Crippen LogP contribution in [0.4, 0.5) is 5.69 Å². The first-order chi connectivity index (χ1) is 9.58. The minimum absolute atomic E-state index is 0. The third-order valence-corrected chi connectivity index (χ3v) is 4.60. The van der Waals surface area contributed by atoms with Crippen LogP contribution in [0.25, 0.3) is 0 Å². The van der Waals surface area contributed by atoms with E-state index in [2.05, 4.69) is 17.6 Å². The number of rotatable bonds is 4. The van der Waals surface area contributed by atoms with Crippen LogP contribution in [0.3, 0.4) is 0 Å². The lowest BCUT2D eigenvalue weighted by Crippen LogP contribution is -2.34. The third kappa shape index (κ3) is 5.17. The summed E-state index contributed by atoms with van der Waals surface area (Å²) in [6, 6.07) is 5.59. The Morgan fingerprint density at radius 3 is 2.95 bits per heavy atom. The Bertz CT molecular complexity index is 473. The molecule has 2 N–H and O–H groups in total. The Morgan fingerprint density at radius 1 is 1.52 bits per heavy atom. The summed E-state index contributed by atoms with van der Waals surface area (Å²) in [5, 5.41) is 7.07. The van der Waals surface area contributed by atoms with Gasteiger partial charge in [-0.25, -0.2) is 0 Å². The second-order valence-electron chi connectivity index (χ2n) is 5.75. The van der Waals surface area contributed by atoms with E-state index in [1.165, 1.54) is 12.8 Å². The summed E-state index contributed by atoms with van der Waals surface area (Å²) < 4.78 is 0. The quantitative estimate of drug-likeness (QED) is 0.874. The van der Waals surface area contributed by atoms with Gasteiger partial charge >= 0.3 is 0 Å². The largest absolute Gasteiger partial charge is 0.326 e. The van der Waals surface area contributed by atoms with Gasteiger partial charge in [0.15, 0.2) is 0 Å². The third-order valence-electron chi connectivity index (χ3n) is 4.19. The summed E-state index contributed by atoms with van der Waals surface area (Å²) in [6.07, 6.45) is 3.00. The van der Waals surface area contributed by atoms with Gasteiger partial charge in [0.1, 0.15) is 0 Å². The first kappa shape index (κ1) is 18.3. The molecular formula is C16H24Cl2N2O. The monoisotopic (exact) mass is 330 g/mol. The molecule has 0 aliphatic carbocycles. The zero-order valence-electron chi connectivity index (χ0n) is 12.6. The van der Waals surface area contributed by atoms with Gasteiger partial charge in [0.05, 0.1) is 0 Å². The number of amides is 1. The number of hydrogen-bond acceptors (Lipinski definition) is 2. The van der Waals surface area contributed by atoms with Crippen LogP contribution in [0.2, 0.25) is 5.02 Å². The van der Waals surface area contributed by atoms with Crippen molar-refractivity contribution in [1.82, 2.24) is 5.32 Å². The van der Waals surface area contributed by atoms with E-state index < -0.39 is 0 Å². The maximum Gasteiger partial charge on any atom is 0.224 e. The summed E-state index contributed by atoms with van der Waals surface area (Å²) in [7, 11) is 0. The molecule has 2 atom stereocenters. The van der Waals surface area contributed by atoms with Crippen molar-refractivity contribution in [3.8, 4) is 0 Å². The van der Waals surface area contributed by atoms with Crippen molar-refractivity contribution in [3.05, 3.63) is 28.8 Å². The van der Waals surface area contributed by atoms with E-state index >= 15 is 0 Å². The topological polar surface area (TPSA) is 41.1 Å². The van der Waals surface area contributed by atoms with E-state index in [-0.39, 0.29) is 18.3 Å². The van der Waals surface area contributed by atoms with Crippen molar-refractivity contribution in [1.29, 1.82) is 0 Å². The lowest BCUT2D eigenvalue weighted by molar-refractivity contribution is -0.117. The molecule has 3 nitrogen and oxygen atoms in total. The molecule has 0 spiro atoms. The van der Waals surface area contributed by atoms with Crippen LogP contribution in [0, 0.1) is 18.8 Å². The molecule has 1 heterocycles. The number of halogens is 2. The molecule has 0 aromatic heterocycles. The lowest BCUT2D eigenvalue weighted by atomic mass is 9.85. The van der Waals surface area contributed by atoms with Gasteiger partial charge in [0.25, 0.3) is 0 Å². The maximum absolute atomic E-state index is 12.2. The van der Waals surface area contributed by atoms with Gasteiger partial charge in [0, 0.05) is 17.1 Å². The predicted molar refractivity (Wildman–Crippen MR) is 91.4 cm³/mol. The Morgan fingerprint density at radius 2 is 2.29 bits per heavy atom. The zero-order chi connectivity index (χ0) is 14.5. The van der Waals surface area contributed by atoms with Crippen LogP contribution in [-0.2, 0) is 4.79 Å². The number of anilines is 1. The summed E-state index contributed by atoms with van der Waals surface area (Å²) in [6.45, 7) is 6.23. The molecule has 5 heteroatoms. The minimum atomic E-state index is 0. The number of nitrogens with one attached hydrogen (secondary N) is 2. The average Bonchev–Trinajstić information content (AvgIpc) is 2.45. The molecule has 1 fully saturated rings. The first-order valence-corrected chi connectivity index (χ1v) is 7.71. The van der Waals surface area contributed by atoms with Crippen molar-refractivity contribution < 1.29 is 4.79 Å². The summed E-state index contributed by atoms with van der Waals surface area (Å²) in [5.74, 6) is 1.09. The maximum atomic E-state index is 12.2. The normalized spacial score (nSPS) is 19.5. The standard InChI is InChI=1S/C16H23ClN2O.ClH/c1-11(13-5-4-8-18-10-13)9-16(20)19-15-7-3-6-14(17)12(15)2;/h3,6-7,11,13,18H,4-5,8-10H2,1-2H3,(H,19,20);1H. The van der Waals surface area contributed by atoms with Crippen LogP contribution < -0.4 is 10.6 Å². The molecule has 1 saturated heterocycles. The Balaban J connectivity index is 0.00000220. The van der Waals surface area contributed by atoms with E-state index in [0.29, 0.717) is 23.3 Å². The minimum Gasteiger partial charge on any atom is -0.326 e. The van der Waals surface area contributed by atoms with E-state index in [9.17, 15) is 4.79 Å². The Labute approximate surface area is 138 Å². The van der Waals surface area contributed by atoms with Gasteiger partial charge in [-0.1, -0.05) is 24.6 Å². The number of carbonyl (C=O) groups is 1. The van der Waals surface area contributed by atoms with E-state index in [1.54, 1.807) is 0 Å². The number of benzene rings is 1. The molecule has 2 rings (SSSR count). The summed E-state index contributed by atoms with van der Waals surface area (Å²) >= 11 is 6.07. The van der Waals surface area contributed by atoms with Crippen molar-refractivity contribution in [2.75, 3.05) is 18.4 Å². The van der Waals surface area contributed by atoms with Crippen LogP contribution in [0.1, 0.15) is 31.7 Å². The first-order valence-electron chi connectivity index (χ1n) is 7.33. The number of carbonyl (C=O) groups excluding carboxylic acids is 1. The van der Waals surface area contributed by atoms with E-state index in [0.717, 1.165) is 24.3 Å². The fourth-order valence-electron chi connectivity index (χ4n) is 2.77. The summed E-state index contributed by atoms with van der Waals surface area (Å²) in [5.41, 5.74) is 1.74. The van der Waals surface area contributed by atoms with Gasteiger partial charge < -0.3 is 10.6 Å². The molecule has 21 heavy (non-hydrogen) atoms. The van der Waals surface area contributed by atoms with Gasteiger partial charge in [-0.05, 0) is 62.4 Å². The van der Waals surface area contributed by atoms with Gasteiger partial charge in [0.2, 0.25) is 5.91 Å². The summed E-state index contributed by atoms with van der Waals surface area (Å²) in [4.78, 5) is 12.2. The lowest BCUT2D eigenvalue weighted by Gasteiger charge is -2.28. The molecule has 1 aromatic rings. The van der Waals surface area contributed by atoms with Gasteiger partial charge in [-0.2, -0.15) is 0 Å². The van der Waals surface area contributed by atoms with Crippen LogP contribution in [0.15, 0.2) is 18.2 Å². The fourth-order valence-corrected chi connectivity index (χ4v) is 2.94. The smallest absolute Gasteiger partial charge is 0.224 e. The van der Waals surface area contributed by atoms with Crippen LogP contribution >= 0.6 is 24.0 Å². The van der Waals surface area contributed by atoms with E-state index in [4.69, 9.17) is 11.6 Å². The van der Waals surface area contributed by atoms with Crippen LogP contribution in [0.5, 0.6) is 0 Å². The van der Waals surface area contributed by atoms with Crippen LogP contribution in [-0.4, -0.2) is 19.0 Å². The van der Waals surface area contributed by atoms with Crippen molar-refractivity contribution in [2.24, 2.45) is 11.8 Å². The zero-order valence-corrected chi connectivity index (χ0v) is 14.2. The number of piperidine rings is 1. The highest BCUT2D eigenvalue weighted by molar-refractivity contribution is 6.31. The van der Waals surface area contributed by atoms with Crippen molar-refractivity contribution in [3.63, 3.8) is 0 Å². The average molecular weight is 331 g/mol. The fraction of sp³-hybridized carbons (Fsp3) is 0.562. The van der Waals surface area contributed by atoms with Gasteiger partial charge in [-0.15, -0.1) is 12.4 Å². The predicted octanol–water partition coefficient (Wildman–Crippen LogP) is 4.03. The van der Waals surface area contributed by atoms with E-state index in [1.807, 2.05) is 25.1 Å². The molecule has 2 unspecified atom stereocenters. The molecular weight excluding hydrogens is 307 g/mol. The Kier molecular flexibility index (Phi) is 7.50. The Hall–Kier alpha value is -0.770. The molecule has 0 bridgehead atoms. The number of hydrogen-bond donors (Lipinski definition) is 2. The molecule has 118 valence electrons. The second-order valence-corrected chi connectivity index (χ2v) is 6.16.